The van der Waals surface area contributed by atoms with Gasteiger partial charge in [-0.1, -0.05) is 42.3 Å². The molecule has 0 aliphatic carbocycles. The van der Waals surface area contributed by atoms with Crippen LogP contribution in [0, 0.1) is 5.92 Å². The maximum Gasteiger partial charge on any atom is 0.275 e. The van der Waals surface area contributed by atoms with Crippen molar-refractivity contribution in [2.45, 2.75) is 19.8 Å². The van der Waals surface area contributed by atoms with Crippen molar-refractivity contribution in [1.29, 1.82) is 0 Å². The zero-order chi connectivity index (χ0) is 18.7. The Labute approximate surface area is 160 Å². The van der Waals surface area contributed by atoms with E-state index in [-0.39, 0.29) is 22.5 Å². The smallest absolute Gasteiger partial charge is 0.275 e. The van der Waals surface area contributed by atoms with E-state index in [1.54, 1.807) is 12.1 Å². The molecule has 1 aromatic carbocycles. The van der Waals surface area contributed by atoms with Gasteiger partial charge in [-0.05, 0) is 30.2 Å². The van der Waals surface area contributed by atoms with Crippen LogP contribution in [0.3, 0.4) is 0 Å². The maximum atomic E-state index is 12.3. The summed E-state index contributed by atoms with van der Waals surface area (Å²) in [6, 6.07) is 8.71. The van der Waals surface area contributed by atoms with Crippen LogP contribution in [0.15, 0.2) is 41.6 Å². The van der Waals surface area contributed by atoms with E-state index in [2.05, 4.69) is 20.8 Å². The van der Waals surface area contributed by atoms with Crippen molar-refractivity contribution >= 4 is 46.4 Å². The van der Waals surface area contributed by atoms with Crippen molar-refractivity contribution in [2.75, 3.05) is 5.32 Å². The summed E-state index contributed by atoms with van der Waals surface area (Å²) in [5.41, 5.74) is 4.96. The van der Waals surface area contributed by atoms with Crippen LogP contribution >= 0.6 is 23.2 Å². The van der Waals surface area contributed by atoms with Gasteiger partial charge in [0.05, 0.1) is 15.8 Å². The summed E-state index contributed by atoms with van der Waals surface area (Å²) in [4.78, 5) is 27.7. The minimum atomic E-state index is -0.423. The summed E-state index contributed by atoms with van der Waals surface area (Å²) < 4.78 is 0. The van der Waals surface area contributed by atoms with Crippen LogP contribution in [0.1, 0.15) is 35.8 Å². The van der Waals surface area contributed by atoms with Crippen LogP contribution in [0.25, 0.3) is 0 Å². The van der Waals surface area contributed by atoms with E-state index in [0.29, 0.717) is 17.1 Å². The maximum absolute atomic E-state index is 12.3. The van der Waals surface area contributed by atoms with Gasteiger partial charge in [0.25, 0.3) is 5.91 Å². The molecule has 134 valence electrons. The number of nitrogens with one attached hydrogen (secondary N) is 2. The molecular weight excluding hydrogens is 375 g/mol. The van der Waals surface area contributed by atoms with Crippen molar-refractivity contribution in [3.8, 4) is 0 Å². The van der Waals surface area contributed by atoms with Crippen molar-refractivity contribution < 1.29 is 9.59 Å². The lowest BCUT2D eigenvalue weighted by molar-refractivity contribution is -0.122. The fraction of sp³-hybridized carbons (Fsp3) is 0.222. The molecule has 1 atom stereocenters. The van der Waals surface area contributed by atoms with Gasteiger partial charge in [-0.2, -0.15) is 5.10 Å². The normalized spacial score (nSPS) is 16.7. The Morgan fingerprint density at radius 3 is 2.69 bits per heavy atom. The SMILES string of the molecule is CCC1CC(=O)NN=C1c1ccc(NC(=O)c2ncc(Cl)cc2Cl)cc1. The number of amides is 2. The number of hydrazone groups is 1. The van der Waals surface area contributed by atoms with E-state index in [1.807, 2.05) is 19.1 Å². The van der Waals surface area contributed by atoms with Crippen molar-refractivity contribution in [2.24, 2.45) is 11.0 Å². The summed E-state index contributed by atoms with van der Waals surface area (Å²) in [6.07, 6.45) is 2.62. The van der Waals surface area contributed by atoms with Gasteiger partial charge in [-0.25, -0.2) is 10.4 Å². The molecule has 0 saturated carbocycles. The van der Waals surface area contributed by atoms with Crippen LogP contribution < -0.4 is 10.7 Å². The number of nitrogens with zero attached hydrogens (tertiary/aromatic N) is 2. The number of pyridine rings is 1. The zero-order valence-electron chi connectivity index (χ0n) is 13.9. The number of hydrogen-bond acceptors (Lipinski definition) is 4. The fourth-order valence-electron chi connectivity index (χ4n) is 2.71. The second kappa shape index (κ2) is 7.85. The largest absolute Gasteiger partial charge is 0.321 e. The van der Waals surface area contributed by atoms with E-state index in [9.17, 15) is 9.59 Å². The van der Waals surface area contributed by atoms with Crippen LogP contribution in [-0.2, 0) is 4.79 Å². The lowest BCUT2D eigenvalue weighted by atomic mass is 9.90. The van der Waals surface area contributed by atoms with Crippen LogP contribution in [0.2, 0.25) is 10.0 Å². The summed E-state index contributed by atoms with van der Waals surface area (Å²) >= 11 is 11.8. The molecule has 26 heavy (non-hydrogen) atoms. The molecule has 6 nitrogen and oxygen atoms in total. The van der Waals surface area contributed by atoms with Crippen molar-refractivity contribution in [3.05, 3.63) is 57.8 Å². The molecule has 2 aromatic rings. The first-order valence-electron chi connectivity index (χ1n) is 8.07. The number of halogens is 2. The summed E-state index contributed by atoms with van der Waals surface area (Å²) in [6.45, 7) is 2.02. The van der Waals surface area contributed by atoms with E-state index in [1.165, 1.54) is 12.3 Å². The van der Waals surface area contributed by atoms with Gasteiger partial charge >= 0.3 is 0 Å². The molecule has 0 bridgehead atoms. The molecule has 1 aromatic heterocycles. The number of carbonyl (C=O) groups excluding carboxylic acids is 2. The molecule has 0 spiro atoms. The highest BCUT2D eigenvalue weighted by molar-refractivity contribution is 6.36. The van der Waals surface area contributed by atoms with Gasteiger partial charge in [0.1, 0.15) is 5.69 Å². The molecule has 3 rings (SSSR count). The number of aromatic nitrogens is 1. The summed E-state index contributed by atoms with van der Waals surface area (Å²) in [5.74, 6) is -0.411. The number of benzene rings is 1. The van der Waals surface area contributed by atoms with E-state index in [0.717, 1.165) is 17.7 Å². The molecular formula is C18H16Cl2N4O2. The highest BCUT2D eigenvalue weighted by Crippen LogP contribution is 2.22. The Balaban J connectivity index is 1.75. The third-order valence-corrected chi connectivity index (χ3v) is 4.57. The van der Waals surface area contributed by atoms with Crippen LogP contribution in [-0.4, -0.2) is 22.5 Å². The Bertz CT molecular complexity index is 881. The van der Waals surface area contributed by atoms with E-state index < -0.39 is 5.91 Å². The number of anilines is 1. The second-order valence-corrected chi connectivity index (χ2v) is 6.70. The number of rotatable bonds is 4. The molecule has 1 aliphatic rings. The average molecular weight is 391 g/mol. The standard InChI is InChI=1S/C18H16Cl2N4O2/c1-2-10-7-15(25)23-24-16(10)11-3-5-13(6-4-11)22-18(26)17-14(20)8-12(19)9-21-17/h3-6,8-10H,2,7H2,1H3,(H,22,26)(H,23,25). The Morgan fingerprint density at radius 2 is 2.04 bits per heavy atom. The van der Waals surface area contributed by atoms with E-state index >= 15 is 0 Å². The Hall–Kier alpha value is -2.44. The van der Waals surface area contributed by atoms with Crippen LogP contribution in [0.4, 0.5) is 5.69 Å². The van der Waals surface area contributed by atoms with Gasteiger partial charge in [-0.3, -0.25) is 9.59 Å². The predicted molar refractivity (Wildman–Crippen MR) is 102 cm³/mol. The third-order valence-electron chi connectivity index (χ3n) is 4.07. The quantitative estimate of drug-likeness (QED) is 0.830. The fourth-order valence-corrected chi connectivity index (χ4v) is 3.18. The first-order valence-corrected chi connectivity index (χ1v) is 8.82. The minimum absolute atomic E-state index is 0.0724. The lowest BCUT2D eigenvalue weighted by Gasteiger charge is -2.21. The molecule has 1 unspecified atom stereocenters. The highest BCUT2D eigenvalue weighted by atomic mass is 35.5. The van der Waals surface area contributed by atoms with Gasteiger partial charge in [0.2, 0.25) is 5.91 Å². The number of carbonyl (C=O) groups is 2. The van der Waals surface area contributed by atoms with Crippen molar-refractivity contribution in [3.63, 3.8) is 0 Å². The zero-order valence-corrected chi connectivity index (χ0v) is 15.4. The van der Waals surface area contributed by atoms with Gasteiger partial charge < -0.3 is 5.32 Å². The predicted octanol–water partition coefficient (Wildman–Crippen LogP) is 3.89. The van der Waals surface area contributed by atoms with Crippen LogP contribution in [0.5, 0.6) is 0 Å². The molecule has 0 radical (unpaired) electrons. The first-order chi connectivity index (χ1) is 12.5. The highest BCUT2D eigenvalue weighted by Gasteiger charge is 2.24. The summed E-state index contributed by atoms with van der Waals surface area (Å²) in [7, 11) is 0. The van der Waals surface area contributed by atoms with E-state index in [4.69, 9.17) is 23.2 Å². The topological polar surface area (TPSA) is 83.5 Å². The van der Waals surface area contributed by atoms with Gasteiger partial charge in [0.15, 0.2) is 0 Å². The molecule has 2 heterocycles. The Morgan fingerprint density at radius 1 is 1.31 bits per heavy atom. The van der Waals surface area contributed by atoms with Crippen molar-refractivity contribution in [1.82, 2.24) is 10.4 Å². The second-order valence-electron chi connectivity index (χ2n) is 5.86. The number of hydrogen-bond donors (Lipinski definition) is 2. The monoisotopic (exact) mass is 390 g/mol. The first kappa shape index (κ1) is 18.4. The Kier molecular flexibility index (Phi) is 5.54. The lowest BCUT2D eigenvalue weighted by Crippen LogP contribution is -2.33. The minimum Gasteiger partial charge on any atom is -0.321 e. The molecule has 0 saturated heterocycles. The van der Waals surface area contributed by atoms with Gasteiger partial charge in [0, 0.05) is 24.2 Å². The third kappa shape index (κ3) is 4.03. The molecule has 1 aliphatic heterocycles. The molecule has 2 amide bonds. The summed E-state index contributed by atoms with van der Waals surface area (Å²) in [5, 5.41) is 7.47. The molecule has 0 fully saturated rings. The molecule has 8 heteroatoms. The molecule has 2 N–H and O–H groups in total. The van der Waals surface area contributed by atoms with Gasteiger partial charge in [-0.15, -0.1) is 0 Å². The average Bonchev–Trinajstić information content (AvgIpc) is 2.62.